The number of aromatic nitrogens is 1. The number of hydrogen-bond donors (Lipinski definition) is 1. The van der Waals surface area contributed by atoms with Crippen LogP contribution < -0.4 is 14.8 Å². The van der Waals surface area contributed by atoms with Crippen LogP contribution in [-0.4, -0.2) is 24.6 Å². The first kappa shape index (κ1) is 18.3. The second-order valence-corrected chi connectivity index (χ2v) is 6.37. The second-order valence-electron chi connectivity index (χ2n) is 5.56. The van der Waals surface area contributed by atoms with Gasteiger partial charge in [0.15, 0.2) is 12.4 Å². The number of nitrogens with zero attached hydrogens (tertiary/aromatic N) is 1. The van der Waals surface area contributed by atoms with Crippen molar-refractivity contribution in [2.45, 2.75) is 6.92 Å². The van der Waals surface area contributed by atoms with Crippen LogP contribution in [-0.2, 0) is 4.79 Å². The van der Waals surface area contributed by atoms with Crippen LogP contribution in [0.2, 0.25) is 10.0 Å². The topological polar surface area (TPSA) is 60.5 Å². The first-order valence-electron chi connectivity index (χ1n) is 7.80. The minimum Gasteiger partial charge on any atom is -0.495 e. The zero-order valence-corrected chi connectivity index (χ0v) is 15.7. The van der Waals surface area contributed by atoms with Crippen molar-refractivity contribution in [3.8, 4) is 11.5 Å². The first-order chi connectivity index (χ1) is 12.5. The molecule has 0 spiro atoms. The Hall–Kier alpha value is -2.50. The van der Waals surface area contributed by atoms with Gasteiger partial charge in [0, 0.05) is 11.1 Å². The highest BCUT2D eigenvalue weighted by atomic mass is 35.5. The van der Waals surface area contributed by atoms with Crippen LogP contribution in [0.4, 0.5) is 5.69 Å². The van der Waals surface area contributed by atoms with Crippen molar-refractivity contribution in [2.75, 3.05) is 19.0 Å². The Labute approximate surface area is 160 Å². The second kappa shape index (κ2) is 7.81. The number of rotatable bonds is 5. The van der Waals surface area contributed by atoms with Gasteiger partial charge < -0.3 is 14.8 Å². The number of carbonyl (C=O) groups excluding carboxylic acids is 1. The van der Waals surface area contributed by atoms with Gasteiger partial charge in [0.05, 0.1) is 22.8 Å². The molecule has 0 radical (unpaired) electrons. The van der Waals surface area contributed by atoms with Crippen LogP contribution in [0.25, 0.3) is 10.9 Å². The highest BCUT2D eigenvalue weighted by Crippen LogP contribution is 2.37. The van der Waals surface area contributed by atoms with Crippen LogP contribution in [0.15, 0.2) is 42.5 Å². The zero-order chi connectivity index (χ0) is 18.7. The fourth-order valence-corrected chi connectivity index (χ4v) is 3.07. The van der Waals surface area contributed by atoms with E-state index >= 15 is 0 Å². The van der Waals surface area contributed by atoms with Gasteiger partial charge in [0.2, 0.25) is 0 Å². The van der Waals surface area contributed by atoms with Gasteiger partial charge in [-0.05, 0) is 37.3 Å². The Balaban J connectivity index is 1.81. The number of aryl methyl sites for hydroxylation is 1. The molecule has 0 aliphatic heterocycles. The molecular formula is C19H16Cl2N2O3. The van der Waals surface area contributed by atoms with Gasteiger partial charge in [-0.25, -0.2) is 4.98 Å². The molecule has 0 aliphatic carbocycles. The molecular weight excluding hydrogens is 375 g/mol. The summed E-state index contributed by atoms with van der Waals surface area (Å²) in [5.74, 6) is 0.541. The van der Waals surface area contributed by atoms with Crippen molar-refractivity contribution >= 4 is 45.7 Å². The number of para-hydroxylation sites is 2. The lowest BCUT2D eigenvalue weighted by atomic mass is 10.2. The highest BCUT2D eigenvalue weighted by molar-refractivity contribution is 6.39. The SMILES string of the molecule is COc1ccccc1NC(=O)COc1c(Cl)cc(Cl)c2ccc(C)nc12. The van der Waals surface area contributed by atoms with Gasteiger partial charge in [-0.1, -0.05) is 35.3 Å². The number of anilines is 1. The Morgan fingerprint density at radius 2 is 1.92 bits per heavy atom. The van der Waals surface area contributed by atoms with E-state index in [1.54, 1.807) is 24.3 Å². The fourth-order valence-electron chi connectivity index (χ4n) is 2.50. The Kier molecular flexibility index (Phi) is 5.49. The molecule has 2 aromatic carbocycles. The third-order valence-electron chi connectivity index (χ3n) is 3.71. The molecule has 134 valence electrons. The minimum atomic E-state index is -0.346. The average Bonchev–Trinajstić information content (AvgIpc) is 2.61. The van der Waals surface area contributed by atoms with Crippen molar-refractivity contribution < 1.29 is 14.3 Å². The molecule has 1 aromatic heterocycles. The van der Waals surface area contributed by atoms with Crippen LogP contribution in [0.3, 0.4) is 0 Å². The first-order valence-corrected chi connectivity index (χ1v) is 8.56. The lowest BCUT2D eigenvalue weighted by Gasteiger charge is -2.13. The summed E-state index contributed by atoms with van der Waals surface area (Å²) in [5, 5.41) is 4.23. The predicted octanol–water partition coefficient (Wildman–Crippen LogP) is 4.88. The van der Waals surface area contributed by atoms with Crippen LogP contribution in [0.1, 0.15) is 5.69 Å². The molecule has 7 heteroatoms. The van der Waals surface area contributed by atoms with Crippen molar-refractivity contribution in [1.82, 2.24) is 4.98 Å². The maximum Gasteiger partial charge on any atom is 0.262 e. The number of halogens is 2. The molecule has 3 aromatic rings. The quantitative estimate of drug-likeness (QED) is 0.674. The van der Waals surface area contributed by atoms with Crippen LogP contribution in [0, 0.1) is 6.92 Å². The molecule has 26 heavy (non-hydrogen) atoms. The maximum absolute atomic E-state index is 12.3. The maximum atomic E-state index is 12.3. The number of pyridine rings is 1. The standard InChI is InChI=1S/C19H16Cl2N2O3/c1-11-7-8-12-13(20)9-14(21)19(18(12)22-11)26-10-17(24)23-15-5-3-4-6-16(15)25-2/h3-9H,10H2,1-2H3,(H,23,24). The highest BCUT2D eigenvalue weighted by Gasteiger charge is 2.15. The molecule has 0 saturated heterocycles. The normalized spacial score (nSPS) is 10.6. The molecule has 0 bridgehead atoms. The Morgan fingerprint density at radius 3 is 2.69 bits per heavy atom. The molecule has 0 atom stereocenters. The van der Waals surface area contributed by atoms with E-state index < -0.39 is 0 Å². The van der Waals surface area contributed by atoms with E-state index in [2.05, 4.69) is 10.3 Å². The molecule has 5 nitrogen and oxygen atoms in total. The molecule has 0 saturated carbocycles. The largest absolute Gasteiger partial charge is 0.495 e. The Morgan fingerprint density at radius 1 is 1.15 bits per heavy atom. The fraction of sp³-hybridized carbons (Fsp3) is 0.158. The number of nitrogens with one attached hydrogen (secondary N) is 1. The summed E-state index contributed by atoms with van der Waals surface area (Å²) in [6.07, 6.45) is 0. The van der Waals surface area contributed by atoms with Crippen molar-refractivity contribution in [2.24, 2.45) is 0 Å². The van der Waals surface area contributed by atoms with Crippen LogP contribution >= 0.6 is 23.2 Å². The van der Waals surface area contributed by atoms with E-state index in [4.69, 9.17) is 32.7 Å². The lowest BCUT2D eigenvalue weighted by molar-refractivity contribution is -0.118. The molecule has 1 amide bonds. The monoisotopic (exact) mass is 390 g/mol. The number of hydrogen-bond acceptors (Lipinski definition) is 4. The summed E-state index contributed by atoms with van der Waals surface area (Å²) in [6, 6.07) is 12.4. The zero-order valence-electron chi connectivity index (χ0n) is 14.2. The summed E-state index contributed by atoms with van der Waals surface area (Å²) >= 11 is 12.5. The number of fused-ring (bicyclic) bond motifs is 1. The van der Waals surface area contributed by atoms with Gasteiger partial charge in [-0.3, -0.25) is 4.79 Å². The third-order valence-corrected chi connectivity index (χ3v) is 4.30. The van der Waals surface area contributed by atoms with Crippen molar-refractivity contribution in [3.63, 3.8) is 0 Å². The summed E-state index contributed by atoms with van der Waals surface area (Å²) in [7, 11) is 1.54. The van der Waals surface area contributed by atoms with Gasteiger partial charge in [0.25, 0.3) is 5.91 Å². The van der Waals surface area contributed by atoms with Crippen LogP contribution in [0.5, 0.6) is 11.5 Å². The number of methoxy groups -OCH3 is 1. The van der Waals surface area contributed by atoms with Gasteiger partial charge in [-0.2, -0.15) is 0 Å². The summed E-state index contributed by atoms with van der Waals surface area (Å²) in [5.41, 5.74) is 1.87. The average molecular weight is 391 g/mol. The summed E-state index contributed by atoms with van der Waals surface area (Å²) in [6.45, 7) is 1.62. The number of benzene rings is 2. The predicted molar refractivity (Wildman–Crippen MR) is 104 cm³/mol. The molecule has 3 rings (SSSR count). The van der Waals surface area contributed by atoms with E-state index in [9.17, 15) is 4.79 Å². The molecule has 0 aliphatic rings. The molecule has 1 N–H and O–H groups in total. The van der Waals surface area contributed by atoms with Gasteiger partial charge in [0.1, 0.15) is 11.3 Å². The molecule has 0 unspecified atom stereocenters. The van der Waals surface area contributed by atoms with Crippen molar-refractivity contribution in [1.29, 1.82) is 0 Å². The lowest BCUT2D eigenvalue weighted by Crippen LogP contribution is -2.20. The van der Waals surface area contributed by atoms with Gasteiger partial charge in [-0.15, -0.1) is 0 Å². The van der Waals surface area contributed by atoms with E-state index in [0.29, 0.717) is 38.1 Å². The van der Waals surface area contributed by atoms with Crippen molar-refractivity contribution in [3.05, 3.63) is 58.2 Å². The van der Waals surface area contributed by atoms with Gasteiger partial charge >= 0.3 is 0 Å². The molecule has 1 heterocycles. The Bertz CT molecular complexity index is 976. The summed E-state index contributed by atoms with van der Waals surface area (Å²) < 4.78 is 10.9. The number of amides is 1. The van der Waals surface area contributed by atoms with E-state index in [1.165, 1.54) is 7.11 Å². The number of carbonyl (C=O) groups is 1. The van der Waals surface area contributed by atoms with E-state index in [-0.39, 0.29) is 12.5 Å². The summed E-state index contributed by atoms with van der Waals surface area (Å²) in [4.78, 5) is 16.7. The molecule has 0 fully saturated rings. The number of ether oxygens (including phenoxy) is 2. The minimum absolute atomic E-state index is 0.232. The third kappa shape index (κ3) is 3.84. The van der Waals surface area contributed by atoms with E-state index in [0.717, 1.165) is 5.69 Å². The van der Waals surface area contributed by atoms with E-state index in [1.807, 2.05) is 25.1 Å². The smallest absolute Gasteiger partial charge is 0.262 e.